The van der Waals surface area contributed by atoms with Crippen molar-refractivity contribution in [1.29, 1.82) is 0 Å². The van der Waals surface area contributed by atoms with Crippen molar-refractivity contribution in [3.05, 3.63) is 27.7 Å². The van der Waals surface area contributed by atoms with Crippen LogP contribution in [0, 0.1) is 5.41 Å². The Labute approximate surface area is 123 Å². The third kappa shape index (κ3) is 2.54. The molecule has 0 saturated carbocycles. The average molecular weight is 302 g/mol. The van der Waals surface area contributed by atoms with Crippen molar-refractivity contribution in [3.8, 4) is 0 Å². The van der Waals surface area contributed by atoms with Crippen LogP contribution in [0.4, 0.5) is 5.69 Å². The largest absolute Gasteiger partial charge is 0.478 e. The Morgan fingerprint density at radius 1 is 1.32 bits per heavy atom. The van der Waals surface area contributed by atoms with Crippen LogP contribution in [-0.2, 0) is 0 Å². The first-order valence-corrected chi connectivity index (χ1v) is 7.15. The van der Waals surface area contributed by atoms with Crippen LogP contribution < -0.4 is 4.90 Å². The van der Waals surface area contributed by atoms with Gasteiger partial charge in [0.25, 0.3) is 0 Å². The number of hydrogen-bond donors (Lipinski definition) is 1. The van der Waals surface area contributed by atoms with E-state index in [1.165, 1.54) is 6.07 Å². The molecule has 1 N–H and O–H groups in total. The van der Waals surface area contributed by atoms with Crippen molar-refractivity contribution < 1.29 is 9.90 Å². The molecule has 1 saturated heterocycles. The van der Waals surface area contributed by atoms with E-state index < -0.39 is 5.97 Å². The number of rotatable bonds is 4. The Balaban J connectivity index is 2.34. The van der Waals surface area contributed by atoms with E-state index in [1.807, 2.05) is 4.90 Å². The molecular formula is C14H17Cl2NO2. The van der Waals surface area contributed by atoms with E-state index in [9.17, 15) is 9.90 Å². The van der Waals surface area contributed by atoms with Gasteiger partial charge < -0.3 is 10.0 Å². The fourth-order valence-corrected chi connectivity index (χ4v) is 3.28. The number of aromatic carboxylic acids is 1. The Bertz CT molecular complexity index is 504. The third-order valence-electron chi connectivity index (χ3n) is 4.13. The molecule has 1 aliphatic rings. The highest BCUT2D eigenvalue weighted by Gasteiger charge is 2.41. The van der Waals surface area contributed by atoms with Gasteiger partial charge >= 0.3 is 5.97 Å². The van der Waals surface area contributed by atoms with Crippen LogP contribution in [-0.4, -0.2) is 24.2 Å². The summed E-state index contributed by atoms with van der Waals surface area (Å²) in [5.41, 5.74) is 1.06. The van der Waals surface area contributed by atoms with Crippen LogP contribution in [0.2, 0.25) is 10.0 Å². The van der Waals surface area contributed by atoms with E-state index in [0.717, 1.165) is 25.9 Å². The number of carboxylic acids is 1. The van der Waals surface area contributed by atoms with Crippen LogP contribution in [0.15, 0.2) is 12.1 Å². The predicted octanol–water partition coefficient (Wildman–Crippen LogP) is 4.32. The number of benzene rings is 1. The zero-order chi connectivity index (χ0) is 14.2. The summed E-state index contributed by atoms with van der Waals surface area (Å²) in [5.74, 6) is -0.995. The first kappa shape index (κ1) is 14.5. The van der Waals surface area contributed by atoms with Gasteiger partial charge in [-0.15, -0.1) is 0 Å². The third-order valence-corrected chi connectivity index (χ3v) is 4.63. The fraction of sp³-hybridized carbons (Fsp3) is 0.500. The van der Waals surface area contributed by atoms with Crippen LogP contribution in [0.5, 0.6) is 0 Å². The molecule has 0 aliphatic carbocycles. The van der Waals surface area contributed by atoms with Crippen LogP contribution in [0.3, 0.4) is 0 Å². The minimum absolute atomic E-state index is 0.179. The summed E-state index contributed by atoms with van der Waals surface area (Å²) in [6.45, 7) is 6.04. The van der Waals surface area contributed by atoms with Gasteiger partial charge in [0.2, 0.25) is 0 Å². The first-order valence-electron chi connectivity index (χ1n) is 6.39. The monoisotopic (exact) mass is 301 g/mol. The maximum Gasteiger partial charge on any atom is 0.337 e. The molecular weight excluding hydrogens is 285 g/mol. The van der Waals surface area contributed by atoms with Crippen molar-refractivity contribution >= 4 is 34.9 Å². The highest BCUT2D eigenvalue weighted by Crippen LogP contribution is 2.44. The molecule has 0 amide bonds. The fourth-order valence-electron chi connectivity index (χ4n) is 2.67. The summed E-state index contributed by atoms with van der Waals surface area (Å²) in [7, 11) is 0. The van der Waals surface area contributed by atoms with Crippen molar-refractivity contribution in [2.75, 3.05) is 18.0 Å². The second kappa shape index (κ2) is 5.22. The smallest absolute Gasteiger partial charge is 0.337 e. The van der Waals surface area contributed by atoms with Crippen LogP contribution >= 0.6 is 23.2 Å². The molecule has 2 rings (SSSR count). The molecule has 19 heavy (non-hydrogen) atoms. The topological polar surface area (TPSA) is 40.5 Å². The zero-order valence-electron chi connectivity index (χ0n) is 11.0. The molecule has 1 aromatic rings. The van der Waals surface area contributed by atoms with Crippen LogP contribution in [0.1, 0.15) is 37.0 Å². The summed E-state index contributed by atoms with van der Waals surface area (Å²) in [6, 6.07) is 3.06. The van der Waals surface area contributed by atoms with E-state index in [2.05, 4.69) is 13.8 Å². The number of hydrogen-bond acceptors (Lipinski definition) is 2. The molecule has 1 heterocycles. The van der Waals surface area contributed by atoms with Gasteiger partial charge in [-0.05, 0) is 25.0 Å². The summed E-state index contributed by atoms with van der Waals surface area (Å²) in [5, 5.41) is 10.0. The molecule has 1 fully saturated rings. The molecule has 1 aliphatic heterocycles. The lowest BCUT2D eigenvalue weighted by atomic mass is 9.74. The van der Waals surface area contributed by atoms with Gasteiger partial charge in [-0.3, -0.25) is 0 Å². The minimum Gasteiger partial charge on any atom is -0.478 e. The van der Waals surface area contributed by atoms with Gasteiger partial charge in [0.1, 0.15) is 0 Å². The van der Waals surface area contributed by atoms with Crippen molar-refractivity contribution in [2.24, 2.45) is 5.41 Å². The van der Waals surface area contributed by atoms with E-state index >= 15 is 0 Å². The Morgan fingerprint density at radius 2 is 1.89 bits per heavy atom. The lowest BCUT2D eigenvalue weighted by Gasteiger charge is -2.51. The van der Waals surface area contributed by atoms with Gasteiger partial charge in [-0.1, -0.05) is 37.0 Å². The molecule has 0 radical (unpaired) electrons. The highest BCUT2D eigenvalue weighted by atomic mass is 35.5. The molecule has 5 heteroatoms. The number of halogens is 2. The van der Waals surface area contributed by atoms with Crippen molar-refractivity contribution in [3.63, 3.8) is 0 Å². The normalized spacial score (nSPS) is 17.2. The standard InChI is InChI=1S/C14H17Cl2NO2/c1-3-14(4-2)7-17(8-14)12-10(13(18)19)5-9(15)6-11(12)16/h5-6H,3-4,7-8H2,1-2H3,(H,18,19). The molecule has 0 bridgehead atoms. The lowest BCUT2D eigenvalue weighted by Crippen LogP contribution is -2.56. The van der Waals surface area contributed by atoms with Gasteiger partial charge in [0.15, 0.2) is 0 Å². The molecule has 1 aromatic carbocycles. The second-order valence-electron chi connectivity index (χ2n) is 5.15. The summed E-state index contributed by atoms with van der Waals surface area (Å²) >= 11 is 12.1. The van der Waals surface area contributed by atoms with Gasteiger partial charge in [0, 0.05) is 23.5 Å². The lowest BCUT2D eigenvalue weighted by molar-refractivity contribution is 0.0696. The number of anilines is 1. The molecule has 0 unspecified atom stereocenters. The SMILES string of the molecule is CCC1(CC)CN(c2c(Cl)cc(Cl)cc2C(=O)O)C1. The minimum atomic E-state index is -0.995. The molecule has 0 atom stereocenters. The summed E-state index contributed by atoms with van der Waals surface area (Å²) in [6.07, 6.45) is 2.18. The van der Waals surface area contributed by atoms with E-state index in [-0.39, 0.29) is 5.56 Å². The van der Waals surface area contributed by atoms with Crippen molar-refractivity contribution in [2.45, 2.75) is 26.7 Å². The van der Waals surface area contributed by atoms with Crippen molar-refractivity contribution in [1.82, 2.24) is 0 Å². The van der Waals surface area contributed by atoms with Crippen LogP contribution in [0.25, 0.3) is 0 Å². The Kier molecular flexibility index (Phi) is 3.98. The Hall–Kier alpha value is -0.930. The van der Waals surface area contributed by atoms with Gasteiger partial charge in [-0.2, -0.15) is 0 Å². The molecule has 3 nitrogen and oxygen atoms in total. The molecule has 0 aromatic heterocycles. The number of nitrogens with zero attached hydrogens (tertiary/aromatic N) is 1. The zero-order valence-corrected chi connectivity index (χ0v) is 12.6. The highest BCUT2D eigenvalue weighted by molar-refractivity contribution is 6.37. The predicted molar refractivity (Wildman–Crippen MR) is 78.6 cm³/mol. The number of carboxylic acid groups (broad SMARTS) is 1. The van der Waals surface area contributed by atoms with E-state index in [0.29, 0.717) is 21.1 Å². The second-order valence-corrected chi connectivity index (χ2v) is 6.00. The number of carbonyl (C=O) groups is 1. The maximum absolute atomic E-state index is 11.3. The Morgan fingerprint density at radius 3 is 2.37 bits per heavy atom. The van der Waals surface area contributed by atoms with E-state index in [4.69, 9.17) is 23.2 Å². The summed E-state index contributed by atoms with van der Waals surface area (Å²) in [4.78, 5) is 13.4. The maximum atomic E-state index is 11.3. The average Bonchev–Trinajstić information content (AvgIpc) is 2.30. The van der Waals surface area contributed by atoms with E-state index in [1.54, 1.807) is 6.07 Å². The first-order chi connectivity index (χ1) is 8.92. The van der Waals surface area contributed by atoms with Gasteiger partial charge in [0.05, 0.1) is 16.3 Å². The summed E-state index contributed by atoms with van der Waals surface area (Å²) < 4.78 is 0. The van der Waals surface area contributed by atoms with Gasteiger partial charge in [-0.25, -0.2) is 4.79 Å². The molecule has 0 spiro atoms. The quantitative estimate of drug-likeness (QED) is 0.900. The molecule has 104 valence electrons.